The van der Waals surface area contributed by atoms with Crippen LogP contribution in [0.3, 0.4) is 0 Å². The first-order valence-corrected chi connectivity index (χ1v) is 23.9. The van der Waals surface area contributed by atoms with E-state index in [2.05, 4.69) is 219 Å². The average Bonchev–Trinajstić information content (AvgIpc) is 3.69. The first-order chi connectivity index (χ1) is 27.6. The van der Waals surface area contributed by atoms with E-state index < -0.39 is 8.07 Å². The second-order valence-corrected chi connectivity index (χ2v) is 22.4. The van der Waals surface area contributed by atoms with Crippen LogP contribution in [-0.4, -0.2) is 12.6 Å². The molecule has 0 fully saturated rings. The van der Waals surface area contributed by atoms with Crippen LogP contribution in [0.1, 0.15) is 43.4 Å². The van der Waals surface area contributed by atoms with Crippen LogP contribution in [0.15, 0.2) is 182 Å². The fourth-order valence-corrected chi connectivity index (χ4v) is 10.5. The van der Waals surface area contributed by atoms with Crippen LogP contribution in [-0.2, 0) is 5.41 Å². The van der Waals surface area contributed by atoms with Crippen molar-refractivity contribution in [3.05, 3.63) is 198 Å². The molecule has 0 aliphatic heterocycles. The van der Waals surface area contributed by atoms with E-state index in [0.29, 0.717) is 0 Å². The van der Waals surface area contributed by atoms with E-state index in [0.717, 1.165) is 12.8 Å². The van der Waals surface area contributed by atoms with Gasteiger partial charge in [-0.15, -0.1) is 0 Å². The number of allylic oxidation sites excluding steroid dienone is 3. The van der Waals surface area contributed by atoms with E-state index in [4.69, 9.17) is 0 Å². The Morgan fingerprint density at radius 1 is 0.544 bits per heavy atom. The third-order valence-electron chi connectivity index (χ3n) is 12.4. The first-order valence-electron chi connectivity index (χ1n) is 20.4. The molecular formula is C54H48N2Si. The zero-order valence-electron chi connectivity index (χ0n) is 33.6. The van der Waals surface area contributed by atoms with Gasteiger partial charge in [0.2, 0.25) is 0 Å². The van der Waals surface area contributed by atoms with Crippen molar-refractivity contribution >= 4 is 52.0 Å². The SMILES string of the molecule is CC1(C)c2cc(N(C3=CCCC(c4cccc(-c5ccccc5)c4)=C3)c3ccc([Si](C)(C)C)cc3)ccc2-c2ccc(-n3c4ccccc4c4ccccc43)cc21. The smallest absolute Gasteiger partial charge is 0.0775 e. The fraction of sp³-hybridized carbons (Fsp3) is 0.148. The van der Waals surface area contributed by atoms with Crippen molar-refractivity contribution in [2.24, 2.45) is 0 Å². The summed E-state index contributed by atoms with van der Waals surface area (Å²) in [7, 11) is -1.47. The molecule has 0 spiro atoms. The maximum absolute atomic E-state index is 2.50. The van der Waals surface area contributed by atoms with Crippen molar-refractivity contribution in [2.45, 2.75) is 51.7 Å². The minimum atomic E-state index is -1.47. The first kappa shape index (κ1) is 35.3. The molecule has 2 aliphatic carbocycles. The summed E-state index contributed by atoms with van der Waals surface area (Å²) in [5.74, 6) is 0. The van der Waals surface area contributed by atoms with Crippen molar-refractivity contribution in [1.29, 1.82) is 0 Å². The highest BCUT2D eigenvalue weighted by molar-refractivity contribution is 6.88. The topological polar surface area (TPSA) is 8.17 Å². The molecule has 3 heteroatoms. The molecule has 2 aliphatic rings. The van der Waals surface area contributed by atoms with Gasteiger partial charge in [-0.1, -0.05) is 154 Å². The van der Waals surface area contributed by atoms with Crippen molar-refractivity contribution in [3.8, 4) is 27.9 Å². The lowest BCUT2D eigenvalue weighted by Crippen LogP contribution is -2.37. The third-order valence-corrected chi connectivity index (χ3v) is 14.5. The van der Waals surface area contributed by atoms with E-state index in [-0.39, 0.29) is 5.41 Å². The number of anilines is 2. The summed E-state index contributed by atoms with van der Waals surface area (Å²) in [6.45, 7) is 12.1. The van der Waals surface area contributed by atoms with Crippen molar-refractivity contribution < 1.29 is 0 Å². The van der Waals surface area contributed by atoms with Crippen molar-refractivity contribution in [3.63, 3.8) is 0 Å². The van der Waals surface area contributed by atoms with Crippen LogP contribution < -0.4 is 10.1 Å². The molecule has 0 saturated carbocycles. The van der Waals surface area contributed by atoms with Gasteiger partial charge in [-0.25, -0.2) is 0 Å². The molecule has 0 amide bonds. The highest BCUT2D eigenvalue weighted by Crippen LogP contribution is 2.51. The quantitative estimate of drug-likeness (QED) is 0.147. The molecule has 1 aromatic heterocycles. The molecule has 278 valence electrons. The zero-order chi connectivity index (χ0) is 38.9. The number of para-hydroxylation sites is 2. The van der Waals surface area contributed by atoms with E-state index in [1.54, 1.807) is 0 Å². The Hall–Kier alpha value is -6.16. The molecule has 0 bridgehead atoms. The number of hydrogen-bond acceptors (Lipinski definition) is 1. The number of benzene rings is 7. The van der Waals surface area contributed by atoms with Crippen LogP contribution in [0.5, 0.6) is 0 Å². The summed E-state index contributed by atoms with van der Waals surface area (Å²) in [5, 5.41) is 4.05. The van der Waals surface area contributed by atoms with Crippen LogP contribution >= 0.6 is 0 Å². The van der Waals surface area contributed by atoms with E-state index in [1.807, 2.05) is 0 Å². The van der Waals surface area contributed by atoms with Crippen LogP contribution in [0.4, 0.5) is 11.4 Å². The highest BCUT2D eigenvalue weighted by atomic mass is 28.3. The number of hydrogen-bond donors (Lipinski definition) is 0. The Balaban J connectivity index is 1.07. The lowest BCUT2D eigenvalue weighted by molar-refractivity contribution is 0.660. The molecule has 0 unspecified atom stereocenters. The molecule has 0 saturated heterocycles. The molecule has 57 heavy (non-hydrogen) atoms. The van der Waals surface area contributed by atoms with Crippen molar-refractivity contribution in [1.82, 2.24) is 4.57 Å². The maximum Gasteiger partial charge on any atom is 0.0775 e. The highest BCUT2D eigenvalue weighted by Gasteiger charge is 2.37. The number of nitrogens with zero attached hydrogens (tertiary/aromatic N) is 2. The minimum Gasteiger partial charge on any atom is -0.311 e. The maximum atomic E-state index is 2.50. The van der Waals surface area contributed by atoms with E-state index >= 15 is 0 Å². The molecule has 1 heterocycles. The molecule has 2 nitrogen and oxygen atoms in total. The second kappa shape index (κ2) is 13.5. The predicted molar refractivity (Wildman–Crippen MR) is 247 cm³/mol. The van der Waals surface area contributed by atoms with Gasteiger partial charge in [0.1, 0.15) is 0 Å². The largest absolute Gasteiger partial charge is 0.311 e. The van der Waals surface area contributed by atoms with Gasteiger partial charge in [0, 0.05) is 38.9 Å². The second-order valence-electron chi connectivity index (χ2n) is 17.4. The number of aromatic nitrogens is 1. The van der Waals surface area contributed by atoms with Gasteiger partial charge in [-0.3, -0.25) is 0 Å². The molecule has 8 aromatic rings. The molecule has 7 aromatic carbocycles. The Morgan fingerprint density at radius 3 is 1.84 bits per heavy atom. The molecule has 0 atom stereocenters. The van der Waals surface area contributed by atoms with Gasteiger partial charge >= 0.3 is 0 Å². The van der Waals surface area contributed by atoms with Gasteiger partial charge in [0.05, 0.1) is 19.1 Å². The summed E-state index contributed by atoms with van der Waals surface area (Å²) in [5.41, 5.74) is 17.7. The summed E-state index contributed by atoms with van der Waals surface area (Å²) >= 11 is 0. The lowest BCUT2D eigenvalue weighted by Gasteiger charge is -2.31. The van der Waals surface area contributed by atoms with Crippen LogP contribution in [0.25, 0.3) is 55.3 Å². The third kappa shape index (κ3) is 6.00. The number of rotatable bonds is 7. The van der Waals surface area contributed by atoms with Crippen molar-refractivity contribution in [2.75, 3.05) is 4.90 Å². The summed E-state index contributed by atoms with van der Waals surface area (Å²) in [6.07, 6.45) is 6.88. The lowest BCUT2D eigenvalue weighted by atomic mass is 9.82. The molecule has 0 N–H and O–H groups in total. The zero-order valence-corrected chi connectivity index (χ0v) is 34.6. The van der Waals surface area contributed by atoms with Gasteiger partial charge in [-0.05, 0) is 118 Å². The Morgan fingerprint density at radius 2 is 1.14 bits per heavy atom. The van der Waals surface area contributed by atoms with Crippen LogP contribution in [0, 0.1) is 0 Å². The van der Waals surface area contributed by atoms with E-state index in [9.17, 15) is 0 Å². The summed E-state index contributed by atoms with van der Waals surface area (Å²) < 4.78 is 2.44. The summed E-state index contributed by atoms with van der Waals surface area (Å²) in [4.78, 5) is 2.50. The molecular weight excluding hydrogens is 705 g/mol. The summed E-state index contributed by atoms with van der Waals surface area (Å²) in [6, 6.07) is 61.1. The Bertz CT molecular complexity index is 2850. The number of fused-ring (bicyclic) bond motifs is 6. The average molecular weight is 753 g/mol. The van der Waals surface area contributed by atoms with Gasteiger partial charge in [-0.2, -0.15) is 0 Å². The fourth-order valence-electron chi connectivity index (χ4n) is 9.35. The Labute approximate surface area is 338 Å². The Kier molecular flexibility index (Phi) is 8.35. The van der Waals surface area contributed by atoms with E-state index in [1.165, 1.54) is 94.3 Å². The molecule has 0 radical (unpaired) electrons. The normalized spacial score (nSPS) is 14.6. The van der Waals surface area contributed by atoms with Crippen LogP contribution in [0.2, 0.25) is 19.6 Å². The minimum absolute atomic E-state index is 0.192. The predicted octanol–water partition coefficient (Wildman–Crippen LogP) is 14.2. The van der Waals surface area contributed by atoms with Gasteiger partial charge < -0.3 is 9.47 Å². The monoisotopic (exact) mass is 752 g/mol. The van der Waals surface area contributed by atoms with Gasteiger partial charge in [0.25, 0.3) is 0 Å². The molecule has 10 rings (SSSR count). The standard InChI is InChI=1S/C54H48N2Si/c1-54(2)50-35-43(27-31-46(50)47-32-28-44(36-51(47)54)56-52-23-11-9-21-48(52)49-22-10-12-24-53(49)56)55(41-25-29-45(30-26-41)57(3,4)5)42-20-14-19-40(34-42)39-18-13-17-38(33-39)37-15-7-6-8-16-37/h6-13,15-18,20-36H,14,19H2,1-5H3. The van der Waals surface area contributed by atoms with Gasteiger partial charge in [0.15, 0.2) is 0 Å².